The Hall–Kier alpha value is 0.01000. The SMILES string of the molecule is CO[C@H]1[C@@H](Cl)C[C@H](Cl)C(=O)OCC1(C)C. The molecule has 0 unspecified atom stereocenters. The molecule has 1 aliphatic heterocycles. The van der Waals surface area contributed by atoms with E-state index in [0.717, 1.165) is 0 Å². The summed E-state index contributed by atoms with van der Waals surface area (Å²) in [5.41, 5.74) is -0.298. The summed E-state index contributed by atoms with van der Waals surface area (Å²) in [6, 6.07) is 0. The molecule has 0 bridgehead atoms. The molecule has 0 radical (unpaired) electrons. The van der Waals surface area contributed by atoms with Gasteiger partial charge in [0.15, 0.2) is 0 Å². The molecule has 1 saturated heterocycles. The summed E-state index contributed by atoms with van der Waals surface area (Å²) in [7, 11) is 1.61. The largest absolute Gasteiger partial charge is 0.464 e. The lowest BCUT2D eigenvalue weighted by Crippen LogP contribution is -2.46. The first kappa shape index (κ1) is 13.1. The monoisotopic (exact) mass is 254 g/mol. The van der Waals surface area contributed by atoms with Gasteiger partial charge >= 0.3 is 5.97 Å². The zero-order valence-electron chi connectivity index (χ0n) is 9.13. The minimum Gasteiger partial charge on any atom is -0.464 e. The second-order valence-electron chi connectivity index (χ2n) is 4.47. The fraction of sp³-hybridized carbons (Fsp3) is 0.900. The van der Waals surface area contributed by atoms with Crippen LogP contribution in [-0.4, -0.2) is 36.5 Å². The molecular weight excluding hydrogens is 239 g/mol. The van der Waals surface area contributed by atoms with Crippen molar-refractivity contribution in [2.45, 2.75) is 37.1 Å². The van der Waals surface area contributed by atoms with E-state index in [1.165, 1.54) is 0 Å². The number of carbonyl (C=O) groups excluding carboxylic acids is 1. The van der Waals surface area contributed by atoms with E-state index in [1.54, 1.807) is 7.11 Å². The smallest absolute Gasteiger partial charge is 0.324 e. The molecule has 0 saturated carbocycles. The minimum atomic E-state index is -0.679. The molecule has 3 atom stereocenters. The van der Waals surface area contributed by atoms with Crippen molar-refractivity contribution < 1.29 is 14.3 Å². The van der Waals surface area contributed by atoms with Crippen LogP contribution >= 0.6 is 23.2 Å². The summed E-state index contributed by atoms with van der Waals surface area (Å²) >= 11 is 12.0. The third-order valence-corrected chi connectivity index (χ3v) is 3.39. The highest BCUT2D eigenvalue weighted by atomic mass is 35.5. The average molecular weight is 255 g/mol. The summed E-state index contributed by atoms with van der Waals surface area (Å²) in [5, 5.41) is -0.957. The van der Waals surface area contributed by atoms with E-state index in [-0.39, 0.29) is 23.5 Å². The molecule has 0 aromatic rings. The van der Waals surface area contributed by atoms with Gasteiger partial charge in [-0.1, -0.05) is 13.8 Å². The van der Waals surface area contributed by atoms with E-state index in [0.29, 0.717) is 6.42 Å². The Morgan fingerprint density at radius 3 is 2.60 bits per heavy atom. The highest BCUT2D eigenvalue weighted by Gasteiger charge is 2.40. The number of carbonyl (C=O) groups is 1. The Morgan fingerprint density at radius 2 is 2.07 bits per heavy atom. The van der Waals surface area contributed by atoms with Crippen LogP contribution in [0.15, 0.2) is 0 Å². The van der Waals surface area contributed by atoms with Gasteiger partial charge in [-0.15, -0.1) is 23.2 Å². The van der Waals surface area contributed by atoms with Crippen LogP contribution < -0.4 is 0 Å². The standard InChI is InChI=1S/C10H16Cl2O3/c1-10(2)5-15-9(13)7(12)4-6(11)8(10)14-3/h6-8H,4-5H2,1-3H3/t6-,7-,8-/m0/s1. The Balaban J connectivity index is 2.84. The highest BCUT2D eigenvalue weighted by molar-refractivity contribution is 6.31. The molecule has 0 spiro atoms. The van der Waals surface area contributed by atoms with Crippen LogP contribution in [0.25, 0.3) is 0 Å². The van der Waals surface area contributed by atoms with Crippen molar-refractivity contribution in [1.29, 1.82) is 0 Å². The second kappa shape index (κ2) is 4.89. The Kier molecular flexibility index (Phi) is 4.27. The van der Waals surface area contributed by atoms with Gasteiger partial charge in [0.05, 0.1) is 18.1 Å². The lowest BCUT2D eigenvalue weighted by atomic mass is 9.83. The molecule has 0 amide bonds. The number of hydrogen-bond donors (Lipinski definition) is 0. The van der Waals surface area contributed by atoms with Crippen molar-refractivity contribution >= 4 is 29.2 Å². The van der Waals surface area contributed by atoms with E-state index in [2.05, 4.69) is 0 Å². The summed E-state index contributed by atoms with van der Waals surface area (Å²) < 4.78 is 10.4. The van der Waals surface area contributed by atoms with Gasteiger partial charge in [0, 0.05) is 12.5 Å². The molecule has 1 aliphatic rings. The maximum atomic E-state index is 11.3. The lowest BCUT2D eigenvalue weighted by Gasteiger charge is -2.38. The predicted molar refractivity (Wildman–Crippen MR) is 59.4 cm³/mol. The van der Waals surface area contributed by atoms with E-state index in [1.807, 2.05) is 13.8 Å². The lowest BCUT2D eigenvalue weighted by molar-refractivity contribution is -0.152. The zero-order valence-corrected chi connectivity index (χ0v) is 10.6. The number of esters is 1. The molecule has 0 aromatic heterocycles. The van der Waals surface area contributed by atoms with Crippen molar-refractivity contribution in [3.8, 4) is 0 Å². The van der Waals surface area contributed by atoms with Crippen LogP contribution in [0.3, 0.4) is 0 Å². The van der Waals surface area contributed by atoms with Crippen LogP contribution in [0.5, 0.6) is 0 Å². The first-order chi connectivity index (χ1) is 6.88. The summed E-state index contributed by atoms with van der Waals surface area (Å²) in [5.74, 6) is -0.398. The number of cyclic esters (lactones) is 1. The topological polar surface area (TPSA) is 35.5 Å². The van der Waals surface area contributed by atoms with Crippen LogP contribution in [-0.2, 0) is 14.3 Å². The van der Waals surface area contributed by atoms with Crippen molar-refractivity contribution in [2.75, 3.05) is 13.7 Å². The van der Waals surface area contributed by atoms with Gasteiger partial charge in [-0.2, -0.15) is 0 Å². The first-order valence-corrected chi connectivity index (χ1v) is 5.73. The normalized spacial score (nSPS) is 36.6. The number of halogens is 2. The summed E-state index contributed by atoms with van der Waals surface area (Å²) in [6.07, 6.45) is 0.192. The quantitative estimate of drug-likeness (QED) is 0.532. The van der Waals surface area contributed by atoms with Crippen molar-refractivity contribution in [2.24, 2.45) is 5.41 Å². The van der Waals surface area contributed by atoms with Gasteiger partial charge in [-0.25, -0.2) is 0 Å². The summed E-state index contributed by atoms with van der Waals surface area (Å²) in [6.45, 7) is 4.19. The van der Waals surface area contributed by atoms with Crippen LogP contribution in [0, 0.1) is 5.41 Å². The van der Waals surface area contributed by atoms with Gasteiger partial charge in [-0.3, -0.25) is 4.79 Å². The maximum Gasteiger partial charge on any atom is 0.324 e. The molecule has 88 valence electrons. The molecule has 0 aliphatic carbocycles. The van der Waals surface area contributed by atoms with Gasteiger partial charge < -0.3 is 9.47 Å². The maximum absolute atomic E-state index is 11.3. The zero-order chi connectivity index (χ0) is 11.6. The fourth-order valence-electron chi connectivity index (χ4n) is 1.80. The van der Waals surface area contributed by atoms with E-state index in [9.17, 15) is 4.79 Å². The van der Waals surface area contributed by atoms with Gasteiger partial charge in [0.1, 0.15) is 5.38 Å². The number of rotatable bonds is 1. The third kappa shape index (κ3) is 2.99. The third-order valence-electron chi connectivity index (χ3n) is 2.63. The average Bonchev–Trinajstić information content (AvgIpc) is 2.13. The fourth-order valence-corrected chi connectivity index (χ4v) is 2.77. The molecule has 3 nitrogen and oxygen atoms in total. The predicted octanol–water partition coefficient (Wildman–Crippen LogP) is 2.19. The molecule has 0 N–H and O–H groups in total. The first-order valence-electron chi connectivity index (χ1n) is 4.86. The number of alkyl halides is 2. The molecule has 1 rings (SSSR count). The summed E-state index contributed by atoms with van der Waals surface area (Å²) in [4.78, 5) is 11.3. The van der Waals surface area contributed by atoms with Crippen LogP contribution in [0.4, 0.5) is 0 Å². The van der Waals surface area contributed by atoms with Crippen molar-refractivity contribution in [1.82, 2.24) is 0 Å². The van der Waals surface area contributed by atoms with E-state index in [4.69, 9.17) is 32.7 Å². The Labute approximate surface area is 100 Å². The molecule has 0 aromatic carbocycles. The number of ether oxygens (including phenoxy) is 2. The van der Waals surface area contributed by atoms with E-state index >= 15 is 0 Å². The molecule has 1 heterocycles. The minimum absolute atomic E-state index is 0.173. The Morgan fingerprint density at radius 1 is 1.47 bits per heavy atom. The number of methoxy groups -OCH3 is 1. The van der Waals surface area contributed by atoms with E-state index < -0.39 is 11.3 Å². The highest BCUT2D eigenvalue weighted by Crippen LogP contribution is 2.33. The van der Waals surface area contributed by atoms with Crippen molar-refractivity contribution in [3.05, 3.63) is 0 Å². The van der Waals surface area contributed by atoms with Crippen molar-refractivity contribution in [3.63, 3.8) is 0 Å². The molecule has 1 fully saturated rings. The molecule has 15 heavy (non-hydrogen) atoms. The molecular formula is C10H16Cl2O3. The van der Waals surface area contributed by atoms with Gasteiger partial charge in [0.25, 0.3) is 0 Å². The Bertz CT molecular complexity index is 243. The van der Waals surface area contributed by atoms with Crippen LogP contribution in [0.2, 0.25) is 0 Å². The molecule has 5 heteroatoms. The van der Waals surface area contributed by atoms with Gasteiger partial charge in [0.2, 0.25) is 0 Å². The second-order valence-corrected chi connectivity index (χ2v) is 5.56. The van der Waals surface area contributed by atoms with Gasteiger partial charge in [-0.05, 0) is 6.42 Å². The number of hydrogen-bond acceptors (Lipinski definition) is 3. The van der Waals surface area contributed by atoms with Crippen LogP contribution in [0.1, 0.15) is 20.3 Å².